The lowest BCUT2D eigenvalue weighted by Crippen LogP contribution is -2.23. The summed E-state index contributed by atoms with van der Waals surface area (Å²) in [6.07, 6.45) is 1.96. The molecular weight excluding hydrogens is 414 g/mol. The first-order valence-corrected chi connectivity index (χ1v) is 11.8. The number of carbonyl (C=O) groups is 1. The number of esters is 1. The number of ether oxygens (including phenoxy) is 1. The smallest absolute Gasteiger partial charge is 0.330 e. The van der Waals surface area contributed by atoms with E-state index in [0.717, 1.165) is 18.2 Å². The normalized spacial score (nSPS) is 12.5. The highest BCUT2D eigenvalue weighted by Crippen LogP contribution is 2.23. The number of rotatable bonds is 11. The van der Waals surface area contributed by atoms with Gasteiger partial charge in [-0.3, -0.25) is 0 Å². The number of sulfone groups is 1. The number of benzene rings is 2. The molecule has 0 bridgehead atoms. The van der Waals surface area contributed by atoms with Crippen molar-refractivity contribution >= 4 is 32.9 Å². The summed E-state index contributed by atoms with van der Waals surface area (Å²) in [5.41, 5.74) is 2.20. The lowest BCUT2D eigenvalue weighted by Gasteiger charge is -2.18. The number of hydrogen-bond acceptors (Lipinski definition) is 7. The van der Waals surface area contributed by atoms with Crippen molar-refractivity contribution in [3.63, 3.8) is 0 Å². The summed E-state index contributed by atoms with van der Waals surface area (Å²) < 4.78 is 29.8. The van der Waals surface area contributed by atoms with Crippen molar-refractivity contribution in [2.45, 2.75) is 25.2 Å². The van der Waals surface area contributed by atoms with Crippen LogP contribution in [0, 0.1) is 5.92 Å². The lowest BCUT2D eigenvalue weighted by molar-refractivity contribution is -0.137. The van der Waals surface area contributed by atoms with Crippen molar-refractivity contribution < 1.29 is 17.9 Å². The van der Waals surface area contributed by atoms with Crippen LogP contribution in [-0.2, 0) is 19.4 Å². The highest BCUT2D eigenvalue weighted by molar-refractivity contribution is 7.91. The van der Waals surface area contributed by atoms with Gasteiger partial charge in [-0.25, -0.2) is 13.2 Å². The van der Waals surface area contributed by atoms with Gasteiger partial charge in [0.25, 0.3) is 0 Å². The average molecular weight is 444 g/mol. The zero-order chi connectivity index (χ0) is 22.9. The third-order valence-electron chi connectivity index (χ3n) is 4.81. The Bertz CT molecular complexity index is 1000. The Hall–Kier alpha value is -3.00. The first-order valence-electron chi connectivity index (χ1n) is 10.1. The molecule has 166 valence electrons. The van der Waals surface area contributed by atoms with Gasteiger partial charge in [-0.15, -0.1) is 0 Å². The van der Waals surface area contributed by atoms with Crippen molar-refractivity contribution in [3.05, 3.63) is 61.2 Å². The van der Waals surface area contributed by atoms with Crippen molar-refractivity contribution in [1.82, 2.24) is 0 Å². The van der Waals surface area contributed by atoms with Gasteiger partial charge in [0, 0.05) is 18.8 Å². The predicted octanol–water partition coefficient (Wildman–Crippen LogP) is 5.09. The maximum atomic E-state index is 12.4. The minimum absolute atomic E-state index is 0.119. The van der Waals surface area contributed by atoms with Crippen LogP contribution in [0.5, 0.6) is 0 Å². The van der Waals surface area contributed by atoms with E-state index in [9.17, 15) is 13.2 Å². The first-order chi connectivity index (χ1) is 14.7. The molecule has 2 rings (SSSR count). The number of nitrogens with zero attached hydrogens (tertiary/aromatic N) is 3. The van der Waals surface area contributed by atoms with E-state index < -0.39 is 15.8 Å². The van der Waals surface area contributed by atoms with E-state index in [2.05, 4.69) is 16.8 Å². The standard InChI is InChI=1S/C23H29N3O4S/c1-5-18(3)17-31(28,29)22-13-9-20(10-14-22)25-24-19-7-11-21(12-8-19)26(4)15-16-30-23(27)6-2/h6-14,18H,2,5,15-17H2,1,3-4H3/b25-24+/t18-/m1/s1. The van der Waals surface area contributed by atoms with Crippen LogP contribution in [0.4, 0.5) is 17.1 Å². The maximum Gasteiger partial charge on any atom is 0.330 e. The molecule has 0 fully saturated rings. The molecule has 8 heteroatoms. The van der Waals surface area contributed by atoms with Gasteiger partial charge in [-0.1, -0.05) is 26.8 Å². The zero-order valence-electron chi connectivity index (χ0n) is 18.2. The first kappa shape index (κ1) is 24.3. The predicted molar refractivity (Wildman–Crippen MR) is 123 cm³/mol. The molecule has 0 heterocycles. The van der Waals surface area contributed by atoms with E-state index in [0.29, 0.717) is 22.8 Å². The fourth-order valence-corrected chi connectivity index (χ4v) is 4.40. The minimum Gasteiger partial charge on any atom is -0.461 e. The Morgan fingerprint density at radius 3 is 2.16 bits per heavy atom. The largest absolute Gasteiger partial charge is 0.461 e. The van der Waals surface area contributed by atoms with Crippen LogP contribution in [0.3, 0.4) is 0 Å². The summed E-state index contributed by atoms with van der Waals surface area (Å²) in [4.78, 5) is 13.3. The summed E-state index contributed by atoms with van der Waals surface area (Å²) in [6.45, 7) is 8.09. The number of anilines is 1. The van der Waals surface area contributed by atoms with E-state index in [1.165, 1.54) is 0 Å². The molecule has 0 saturated carbocycles. The molecule has 0 unspecified atom stereocenters. The van der Waals surface area contributed by atoms with Crippen LogP contribution in [-0.4, -0.2) is 40.3 Å². The number of hydrogen-bond donors (Lipinski definition) is 0. The second-order valence-electron chi connectivity index (χ2n) is 7.30. The molecule has 2 aromatic carbocycles. The van der Waals surface area contributed by atoms with Crippen molar-refractivity contribution in [3.8, 4) is 0 Å². The number of likely N-dealkylation sites (N-methyl/N-ethyl adjacent to an activating group) is 1. The number of azo groups is 1. The van der Waals surface area contributed by atoms with E-state index >= 15 is 0 Å². The fraction of sp³-hybridized carbons (Fsp3) is 0.348. The van der Waals surface area contributed by atoms with Crippen LogP contribution in [0.15, 0.2) is 76.3 Å². The molecule has 0 aliphatic heterocycles. The summed E-state index contributed by atoms with van der Waals surface area (Å²) >= 11 is 0. The molecular formula is C23H29N3O4S. The molecule has 0 spiro atoms. The molecule has 0 aromatic heterocycles. The third kappa shape index (κ3) is 7.64. The van der Waals surface area contributed by atoms with Crippen molar-refractivity contribution in [2.24, 2.45) is 16.1 Å². The molecule has 0 N–H and O–H groups in total. The van der Waals surface area contributed by atoms with Gasteiger partial charge in [0.15, 0.2) is 9.84 Å². The molecule has 2 aromatic rings. The molecule has 1 atom stereocenters. The molecule has 0 saturated heterocycles. The molecule has 0 aliphatic rings. The Balaban J connectivity index is 1.96. The highest BCUT2D eigenvalue weighted by atomic mass is 32.2. The lowest BCUT2D eigenvalue weighted by atomic mass is 10.2. The second-order valence-corrected chi connectivity index (χ2v) is 9.33. The van der Waals surface area contributed by atoms with Crippen LogP contribution in [0.1, 0.15) is 20.3 Å². The van der Waals surface area contributed by atoms with Crippen molar-refractivity contribution in [1.29, 1.82) is 0 Å². The fourth-order valence-electron chi connectivity index (χ4n) is 2.67. The van der Waals surface area contributed by atoms with Gasteiger partial charge in [0.2, 0.25) is 0 Å². The maximum absolute atomic E-state index is 12.4. The van der Waals surface area contributed by atoms with Gasteiger partial charge in [-0.05, 0) is 54.4 Å². The van der Waals surface area contributed by atoms with Gasteiger partial charge in [0.05, 0.1) is 28.6 Å². The van der Waals surface area contributed by atoms with E-state index in [4.69, 9.17) is 4.74 Å². The summed E-state index contributed by atoms with van der Waals surface area (Å²) in [7, 11) is -1.39. The third-order valence-corrected chi connectivity index (χ3v) is 6.80. The van der Waals surface area contributed by atoms with Gasteiger partial charge in [-0.2, -0.15) is 10.2 Å². The molecule has 7 nitrogen and oxygen atoms in total. The SMILES string of the molecule is C=CC(=O)OCCN(C)c1ccc(/N=N/c2ccc(S(=O)(=O)C[C@H](C)CC)cc2)cc1. The van der Waals surface area contributed by atoms with Gasteiger partial charge in [0.1, 0.15) is 6.61 Å². The zero-order valence-corrected chi connectivity index (χ0v) is 19.0. The van der Waals surface area contributed by atoms with Crippen LogP contribution in [0.2, 0.25) is 0 Å². The Kier molecular flexibility index (Phi) is 8.93. The number of carbonyl (C=O) groups excluding carboxylic acids is 1. The van der Waals surface area contributed by atoms with E-state index in [-0.39, 0.29) is 18.3 Å². The van der Waals surface area contributed by atoms with Crippen molar-refractivity contribution in [2.75, 3.05) is 30.9 Å². The monoisotopic (exact) mass is 443 g/mol. The van der Waals surface area contributed by atoms with E-state index in [1.807, 2.05) is 50.1 Å². The van der Waals surface area contributed by atoms with Crippen LogP contribution >= 0.6 is 0 Å². The Morgan fingerprint density at radius 2 is 1.65 bits per heavy atom. The topological polar surface area (TPSA) is 88.4 Å². The quantitative estimate of drug-likeness (QED) is 0.274. The molecule has 0 radical (unpaired) electrons. The summed E-state index contributed by atoms with van der Waals surface area (Å²) in [5.74, 6) is -0.180. The second kappa shape index (κ2) is 11.4. The van der Waals surface area contributed by atoms with Gasteiger partial charge >= 0.3 is 5.97 Å². The Morgan fingerprint density at radius 1 is 1.10 bits per heavy atom. The summed E-state index contributed by atoms with van der Waals surface area (Å²) in [6, 6.07) is 13.9. The highest BCUT2D eigenvalue weighted by Gasteiger charge is 2.17. The van der Waals surface area contributed by atoms with Gasteiger partial charge < -0.3 is 9.64 Å². The molecule has 31 heavy (non-hydrogen) atoms. The average Bonchev–Trinajstić information content (AvgIpc) is 2.77. The van der Waals surface area contributed by atoms with Crippen LogP contribution < -0.4 is 4.90 Å². The Labute approximate surface area is 184 Å². The minimum atomic E-state index is -3.29. The summed E-state index contributed by atoms with van der Waals surface area (Å²) in [5, 5.41) is 8.38. The van der Waals surface area contributed by atoms with Crippen LogP contribution in [0.25, 0.3) is 0 Å². The van der Waals surface area contributed by atoms with E-state index in [1.54, 1.807) is 24.3 Å². The molecule has 0 aliphatic carbocycles. The molecule has 0 amide bonds.